The molecule has 0 radical (unpaired) electrons. The van der Waals surface area contributed by atoms with Crippen molar-refractivity contribution < 1.29 is 9.47 Å². The molecule has 0 aliphatic carbocycles. The van der Waals surface area contributed by atoms with Gasteiger partial charge < -0.3 is 9.47 Å². The first-order chi connectivity index (χ1) is 12.3. The number of nitrogens with zero attached hydrogens (tertiary/aromatic N) is 1. The van der Waals surface area contributed by atoms with Gasteiger partial charge in [0.05, 0.1) is 7.11 Å². The van der Waals surface area contributed by atoms with Gasteiger partial charge in [-0.3, -0.25) is 0 Å². The molecule has 0 aliphatic rings. The zero-order valence-corrected chi connectivity index (χ0v) is 15.7. The number of benzene rings is 1. The zero-order chi connectivity index (χ0) is 17.7. The van der Waals surface area contributed by atoms with E-state index in [0.29, 0.717) is 12.5 Å². The number of hydrogen-bond donors (Lipinski definition) is 0. The Morgan fingerprint density at radius 1 is 0.880 bits per heavy atom. The van der Waals surface area contributed by atoms with Gasteiger partial charge in [0.2, 0.25) is 5.88 Å². The first kappa shape index (κ1) is 19.3. The summed E-state index contributed by atoms with van der Waals surface area (Å²) in [4.78, 5) is 4.55. The molecule has 0 unspecified atom stereocenters. The van der Waals surface area contributed by atoms with Crippen molar-refractivity contribution in [1.29, 1.82) is 0 Å². The van der Waals surface area contributed by atoms with E-state index in [9.17, 15) is 0 Å². The van der Waals surface area contributed by atoms with Gasteiger partial charge in [-0.1, -0.05) is 75.8 Å². The molecule has 2 aromatic rings. The maximum atomic E-state index is 5.93. The normalized spacial score (nSPS) is 10.6. The number of methoxy groups -OCH3 is 1. The third-order valence-corrected chi connectivity index (χ3v) is 4.32. The van der Waals surface area contributed by atoms with Crippen molar-refractivity contribution in [3.8, 4) is 11.6 Å². The van der Waals surface area contributed by atoms with Crippen LogP contribution in [-0.2, 0) is 13.0 Å². The predicted molar refractivity (Wildman–Crippen MR) is 103 cm³/mol. The summed E-state index contributed by atoms with van der Waals surface area (Å²) in [6, 6.07) is 14.1. The van der Waals surface area contributed by atoms with Crippen LogP contribution in [0.5, 0.6) is 11.6 Å². The van der Waals surface area contributed by atoms with E-state index < -0.39 is 0 Å². The molecule has 3 nitrogen and oxygen atoms in total. The fraction of sp³-hybridized carbons (Fsp3) is 0.500. The minimum atomic E-state index is 0.560. The molecule has 0 bridgehead atoms. The Kier molecular flexibility index (Phi) is 8.89. The van der Waals surface area contributed by atoms with Crippen LogP contribution in [-0.4, -0.2) is 12.1 Å². The number of pyridine rings is 1. The van der Waals surface area contributed by atoms with Gasteiger partial charge in [0, 0.05) is 17.8 Å². The first-order valence-corrected chi connectivity index (χ1v) is 9.53. The standard InChI is InChI=1S/C22H31NO2/c1-3-4-5-6-7-8-12-15-20-16-21(17-22(23-20)24-2)25-18-19-13-10-9-11-14-19/h9-11,13-14,16-17H,3-8,12,15,18H2,1-2H3. The topological polar surface area (TPSA) is 31.4 Å². The number of ether oxygens (including phenoxy) is 2. The van der Waals surface area contributed by atoms with Crippen LogP contribution in [0, 0.1) is 0 Å². The molecule has 1 aromatic heterocycles. The first-order valence-electron chi connectivity index (χ1n) is 9.53. The number of hydrogen-bond acceptors (Lipinski definition) is 3. The van der Waals surface area contributed by atoms with Crippen molar-refractivity contribution in [3.05, 3.63) is 53.7 Å². The van der Waals surface area contributed by atoms with Crippen LogP contribution in [0.3, 0.4) is 0 Å². The third-order valence-electron chi connectivity index (χ3n) is 4.32. The molecule has 25 heavy (non-hydrogen) atoms. The van der Waals surface area contributed by atoms with Gasteiger partial charge in [0.25, 0.3) is 0 Å². The fourth-order valence-corrected chi connectivity index (χ4v) is 2.85. The van der Waals surface area contributed by atoms with Crippen molar-refractivity contribution in [3.63, 3.8) is 0 Å². The Hall–Kier alpha value is -2.03. The van der Waals surface area contributed by atoms with Crippen molar-refractivity contribution >= 4 is 0 Å². The highest BCUT2D eigenvalue weighted by atomic mass is 16.5. The van der Waals surface area contributed by atoms with Crippen molar-refractivity contribution in [2.45, 2.75) is 64.9 Å². The van der Waals surface area contributed by atoms with Crippen molar-refractivity contribution in [2.75, 3.05) is 7.11 Å². The highest BCUT2D eigenvalue weighted by molar-refractivity contribution is 5.31. The summed E-state index contributed by atoms with van der Waals surface area (Å²) in [7, 11) is 1.65. The zero-order valence-electron chi connectivity index (χ0n) is 15.7. The van der Waals surface area contributed by atoms with Gasteiger partial charge in [0.15, 0.2) is 0 Å². The number of unbranched alkanes of at least 4 members (excludes halogenated alkanes) is 6. The Morgan fingerprint density at radius 3 is 2.32 bits per heavy atom. The van der Waals surface area contributed by atoms with E-state index in [1.807, 2.05) is 30.3 Å². The fourth-order valence-electron chi connectivity index (χ4n) is 2.85. The molecule has 0 spiro atoms. The summed E-state index contributed by atoms with van der Waals surface area (Å²) >= 11 is 0. The summed E-state index contributed by atoms with van der Waals surface area (Å²) in [5.41, 5.74) is 2.21. The Balaban J connectivity index is 1.81. The molecule has 0 N–H and O–H groups in total. The van der Waals surface area contributed by atoms with E-state index in [-0.39, 0.29) is 0 Å². The van der Waals surface area contributed by atoms with Crippen molar-refractivity contribution in [1.82, 2.24) is 4.98 Å². The molecule has 0 saturated heterocycles. The van der Waals surface area contributed by atoms with Gasteiger partial charge >= 0.3 is 0 Å². The Labute approximate surface area is 152 Å². The molecule has 136 valence electrons. The van der Waals surface area contributed by atoms with Gasteiger partial charge in [0.1, 0.15) is 12.4 Å². The lowest BCUT2D eigenvalue weighted by molar-refractivity contribution is 0.301. The second-order valence-electron chi connectivity index (χ2n) is 6.48. The van der Waals surface area contributed by atoms with E-state index in [1.54, 1.807) is 7.11 Å². The summed E-state index contributed by atoms with van der Waals surface area (Å²) in [6.07, 6.45) is 10.1. The Morgan fingerprint density at radius 2 is 1.60 bits per heavy atom. The summed E-state index contributed by atoms with van der Waals surface area (Å²) < 4.78 is 11.3. The van der Waals surface area contributed by atoms with Crippen LogP contribution < -0.4 is 9.47 Å². The lowest BCUT2D eigenvalue weighted by Crippen LogP contribution is -1.99. The van der Waals surface area contributed by atoms with E-state index in [4.69, 9.17) is 9.47 Å². The summed E-state index contributed by atoms with van der Waals surface area (Å²) in [6.45, 7) is 2.82. The molecule has 0 amide bonds. The van der Waals surface area contributed by atoms with Crippen LogP contribution in [0.1, 0.15) is 63.1 Å². The van der Waals surface area contributed by atoms with Gasteiger partial charge in [-0.15, -0.1) is 0 Å². The predicted octanol–water partition coefficient (Wildman–Crippen LogP) is 5.96. The van der Waals surface area contributed by atoms with Gasteiger partial charge in [-0.25, -0.2) is 4.98 Å². The van der Waals surface area contributed by atoms with Crippen LogP contribution in [0.25, 0.3) is 0 Å². The second-order valence-corrected chi connectivity index (χ2v) is 6.48. The minimum absolute atomic E-state index is 0.560. The lowest BCUT2D eigenvalue weighted by atomic mass is 10.1. The SMILES string of the molecule is CCCCCCCCCc1cc(OCc2ccccc2)cc(OC)n1. The molecular formula is C22H31NO2. The van der Waals surface area contributed by atoms with Crippen molar-refractivity contribution in [2.24, 2.45) is 0 Å². The summed E-state index contributed by atoms with van der Waals surface area (Å²) in [5.74, 6) is 1.46. The van der Waals surface area contributed by atoms with Gasteiger partial charge in [-0.2, -0.15) is 0 Å². The lowest BCUT2D eigenvalue weighted by Gasteiger charge is -2.10. The molecule has 1 heterocycles. The molecule has 0 saturated carbocycles. The highest BCUT2D eigenvalue weighted by Crippen LogP contribution is 2.22. The van der Waals surface area contributed by atoms with E-state index in [2.05, 4.69) is 24.0 Å². The average molecular weight is 341 g/mol. The summed E-state index contributed by atoms with van der Waals surface area (Å²) in [5, 5.41) is 0. The van der Waals surface area contributed by atoms with E-state index in [0.717, 1.165) is 23.4 Å². The largest absolute Gasteiger partial charge is 0.489 e. The minimum Gasteiger partial charge on any atom is -0.489 e. The smallest absolute Gasteiger partial charge is 0.216 e. The maximum absolute atomic E-state index is 5.93. The highest BCUT2D eigenvalue weighted by Gasteiger charge is 2.05. The van der Waals surface area contributed by atoms with Gasteiger partial charge in [-0.05, 0) is 18.4 Å². The van der Waals surface area contributed by atoms with Crippen LogP contribution in [0.15, 0.2) is 42.5 Å². The number of rotatable bonds is 12. The van der Waals surface area contributed by atoms with Crippen LogP contribution in [0.4, 0.5) is 0 Å². The number of aryl methyl sites for hydroxylation is 1. The van der Waals surface area contributed by atoms with Crippen LogP contribution >= 0.6 is 0 Å². The quantitative estimate of drug-likeness (QED) is 0.446. The molecule has 1 aromatic carbocycles. The molecule has 0 atom stereocenters. The molecule has 0 fully saturated rings. The second kappa shape index (κ2) is 11.5. The third kappa shape index (κ3) is 7.59. The average Bonchev–Trinajstić information content (AvgIpc) is 2.66. The monoisotopic (exact) mass is 341 g/mol. The molecule has 2 rings (SSSR count). The molecule has 3 heteroatoms. The van der Waals surface area contributed by atoms with Crippen LogP contribution in [0.2, 0.25) is 0 Å². The molecular weight excluding hydrogens is 310 g/mol. The number of aromatic nitrogens is 1. The molecule has 0 aliphatic heterocycles. The van der Waals surface area contributed by atoms with E-state index >= 15 is 0 Å². The Bertz CT molecular complexity index is 598. The van der Waals surface area contributed by atoms with E-state index in [1.165, 1.54) is 44.9 Å². The maximum Gasteiger partial charge on any atom is 0.216 e.